The quantitative estimate of drug-likeness (QED) is 0.852. The average molecular weight is 269 g/mol. The second-order valence-electron chi connectivity index (χ2n) is 6.39. The first-order valence-corrected chi connectivity index (χ1v) is 7.16. The van der Waals surface area contributed by atoms with Gasteiger partial charge in [0.1, 0.15) is 6.67 Å². The molecule has 3 aliphatic rings. The van der Waals surface area contributed by atoms with Crippen molar-refractivity contribution >= 4 is 11.9 Å². The monoisotopic (exact) mass is 269 g/mol. The van der Waals surface area contributed by atoms with Crippen LogP contribution in [-0.2, 0) is 9.59 Å². The molecule has 0 radical (unpaired) electrons. The molecule has 19 heavy (non-hydrogen) atoms. The molecule has 3 fully saturated rings. The topological polar surface area (TPSA) is 57.6 Å². The first-order chi connectivity index (χ1) is 9.06. The molecule has 4 nitrogen and oxygen atoms in total. The van der Waals surface area contributed by atoms with Crippen LogP contribution in [0, 0.1) is 10.8 Å². The van der Waals surface area contributed by atoms with Crippen LogP contribution in [0.4, 0.5) is 4.39 Å². The van der Waals surface area contributed by atoms with Gasteiger partial charge in [-0.1, -0.05) is 12.8 Å². The van der Waals surface area contributed by atoms with Gasteiger partial charge in [0.2, 0.25) is 5.91 Å². The number of rotatable bonds is 3. The van der Waals surface area contributed by atoms with E-state index in [2.05, 4.69) is 0 Å². The molecule has 1 saturated heterocycles. The molecule has 0 unspecified atom stereocenters. The summed E-state index contributed by atoms with van der Waals surface area (Å²) in [4.78, 5) is 25.8. The minimum Gasteiger partial charge on any atom is -0.481 e. The lowest BCUT2D eigenvalue weighted by atomic mass is 9.68. The van der Waals surface area contributed by atoms with E-state index in [4.69, 9.17) is 0 Å². The Morgan fingerprint density at radius 1 is 1.21 bits per heavy atom. The number of carbonyl (C=O) groups is 2. The standard InChI is InChI=1S/C14H20FNO3/c15-9-13(4-2-5-13)11(17)16-8-7-14(12(18)19)6-1-3-10(14)16/h10H,1-9H2,(H,18,19)/t10-,14+/m1/s1. The Morgan fingerprint density at radius 2 is 1.95 bits per heavy atom. The van der Waals surface area contributed by atoms with Crippen molar-refractivity contribution in [2.45, 2.75) is 51.0 Å². The van der Waals surface area contributed by atoms with Crippen molar-refractivity contribution in [3.8, 4) is 0 Å². The van der Waals surface area contributed by atoms with Gasteiger partial charge in [-0.2, -0.15) is 0 Å². The largest absolute Gasteiger partial charge is 0.481 e. The van der Waals surface area contributed by atoms with Gasteiger partial charge in [0, 0.05) is 12.6 Å². The van der Waals surface area contributed by atoms with Crippen LogP contribution in [0.1, 0.15) is 44.9 Å². The Labute approximate surface area is 112 Å². The van der Waals surface area contributed by atoms with E-state index in [1.54, 1.807) is 4.90 Å². The Kier molecular flexibility index (Phi) is 2.84. The SMILES string of the molecule is O=C(N1CC[C@@]2(C(=O)O)CCC[C@@H]12)C1(CF)CCC1. The van der Waals surface area contributed by atoms with E-state index in [1.807, 2.05) is 0 Å². The van der Waals surface area contributed by atoms with Crippen LogP contribution in [0.3, 0.4) is 0 Å². The van der Waals surface area contributed by atoms with Gasteiger partial charge in [-0.05, 0) is 32.1 Å². The first kappa shape index (κ1) is 12.9. The molecule has 5 heteroatoms. The normalized spacial score (nSPS) is 35.8. The van der Waals surface area contributed by atoms with Gasteiger partial charge in [0.15, 0.2) is 0 Å². The third-order valence-electron chi connectivity index (χ3n) is 5.62. The van der Waals surface area contributed by atoms with Crippen molar-refractivity contribution in [1.82, 2.24) is 4.90 Å². The van der Waals surface area contributed by atoms with E-state index in [0.717, 1.165) is 19.3 Å². The lowest BCUT2D eigenvalue weighted by Gasteiger charge is -2.42. The van der Waals surface area contributed by atoms with Crippen molar-refractivity contribution in [2.24, 2.45) is 10.8 Å². The van der Waals surface area contributed by atoms with Crippen molar-refractivity contribution in [1.29, 1.82) is 0 Å². The number of alkyl halides is 1. The van der Waals surface area contributed by atoms with E-state index >= 15 is 0 Å². The number of halogens is 1. The highest BCUT2D eigenvalue weighted by Gasteiger charge is 2.59. The number of fused-ring (bicyclic) bond motifs is 1. The zero-order valence-electron chi connectivity index (χ0n) is 11.0. The summed E-state index contributed by atoms with van der Waals surface area (Å²) in [6.07, 6.45) is 4.92. The van der Waals surface area contributed by atoms with Gasteiger partial charge in [-0.15, -0.1) is 0 Å². The molecule has 0 aromatic heterocycles. The van der Waals surface area contributed by atoms with Crippen LogP contribution in [0.2, 0.25) is 0 Å². The molecule has 0 bridgehead atoms. The summed E-state index contributed by atoms with van der Waals surface area (Å²) in [6, 6.07) is -0.207. The van der Waals surface area contributed by atoms with Crippen LogP contribution >= 0.6 is 0 Å². The summed E-state index contributed by atoms with van der Waals surface area (Å²) in [5.41, 5.74) is -1.58. The maximum Gasteiger partial charge on any atom is 0.311 e. The highest BCUT2D eigenvalue weighted by molar-refractivity contribution is 5.86. The molecule has 2 atom stereocenters. The van der Waals surface area contributed by atoms with Gasteiger partial charge >= 0.3 is 5.97 Å². The van der Waals surface area contributed by atoms with Gasteiger partial charge < -0.3 is 10.0 Å². The predicted octanol–water partition coefficient (Wildman–Crippen LogP) is 1.98. The fraction of sp³-hybridized carbons (Fsp3) is 0.857. The highest BCUT2D eigenvalue weighted by Crippen LogP contribution is 2.52. The first-order valence-electron chi connectivity index (χ1n) is 7.16. The van der Waals surface area contributed by atoms with Crippen molar-refractivity contribution < 1.29 is 19.1 Å². The van der Waals surface area contributed by atoms with E-state index < -0.39 is 23.5 Å². The Morgan fingerprint density at radius 3 is 2.47 bits per heavy atom. The zero-order valence-corrected chi connectivity index (χ0v) is 11.0. The number of carboxylic acids is 1. The minimum atomic E-state index is -0.822. The van der Waals surface area contributed by atoms with Crippen LogP contribution in [0.5, 0.6) is 0 Å². The Hall–Kier alpha value is -1.13. The van der Waals surface area contributed by atoms with Crippen molar-refractivity contribution in [3.63, 3.8) is 0 Å². The van der Waals surface area contributed by atoms with Crippen LogP contribution in [-0.4, -0.2) is 41.1 Å². The van der Waals surface area contributed by atoms with Crippen LogP contribution in [0.15, 0.2) is 0 Å². The molecule has 3 rings (SSSR count). The summed E-state index contributed by atoms with van der Waals surface area (Å²) in [6.45, 7) is -0.118. The molecular weight excluding hydrogens is 249 g/mol. The molecular formula is C14H20FNO3. The number of amides is 1. The molecule has 1 amide bonds. The minimum absolute atomic E-state index is 0.128. The maximum atomic E-state index is 13.2. The number of carboxylic acid groups (broad SMARTS) is 1. The third-order valence-corrected chi connectivity index (χ3v) is 5.62. The molecule has 2 aliphatic carbocycles. The molecule has 106 valence electrons. The third kappa shape index (κ3) is 1.56. The Balaban J connectivity index is 1.84. The number of hydrogen-bond acceptors (Lipinski definition) is 2. The summed E-state index contributed by atoms with van der Waals surface area (Å²) in [5.74, 6) is -0.913. The molecule has 0 aromatic carbocycles. The number of aliphatic carboxylic acids is 1. The van der Waals surface area contributed by atoms with Gasteiger partial charge in [0.25, 0.3) is 0 Å². The molecule has 2 saturated carbocycles. The second kappa shape index (κ2) is 4.18. The summed E-state index contributed by atoms with van der Waals surface area (Å²) in [7, 11) is 0. The molecule has 1 N–H and O–H groups in total. The lowest BCUT2D eigenvalue weighted by molar-refractivity contribution is -0.154. The van der Waals surface area contributed by atoms with Gasteiger partial charge in [-0.3, -0.25) is 9.59 Å². The van der Waals surface area contributed by atoms with E-state index in [9.17, 15) is 19.1 Å². The number of hydrogen-bond donors (Lipinski definition) is 1. The molecule has 1 aliphatic heterocycles. The average Bonchev–Trinajstić information content (AvgIpc) is 2.86. The van der Waals surface area contributed by atoms with Crippen molar-refractivity contribution in [2.75, 3.05) is 13.2 Å². The second-order valence-corrected chi connectivity index (χ2v) is 6.39. The number of nitrogens with zero attached hydrogens (tertiary/aromatic N) is 1. The van der Waals surface area contributed by atoms with Crippen molar-refractivity contribution in [3.05, 3.63) is 0 Å². The predicted molar refractivity (Wildman–Crippen MR) is 66.3 cm³/mol. The lowest BCUT2D eigenvalue weighted by Crippen LogP contribution is -2.52. The molecule has 0 aromatic rings. The Bertz CT molecular complexity index is 415. The fourth-order valence-corrected chi connectivity index (χ4v) is 4.19. The number of carbonyl (C=O) groups excluding carboxylic acids is 1. The maximum absolute atomic E-state index is 13.2. The highest BCUT2D eigenvalue weighted by atomic mass is 19.1. The van der Waals surface area contributed by atoms with Crippen LogP contribution < -0.4 is 0 Å². The van der Waals surface area contributed by atoms with Gasteiger partial charge in [0.05, 0.1) is 10.8 Å². The summed E-state index contributed by atoms with van der Waals surface area (Å²) >= 11 is 0. The smallest absolute Gasteiger partial charge is 0.311 e. The summed E-state index contributed by atoms with van der Waals surface area (Å²) in [5, 5.41) is 9.49. The van der Waals surface area contributed by atoms with E-state index in [0.29, 0.717) is 32.2 Å². The summed E-state index contributed by atoms with van der Waals surface area (Å²) < 4.78 is 13.2. The fourth-order valence-electron chi connectivity index (χ4n) is 4.19. The zero-order chi connectivity index (χ0) is 13.7. The number of likely N-dealkylation sites (tertiary alicyclic amines) is 1. The van der Waals surface area contributed by atoms with E-state index in [1.165, 1.54) is 0 Å². The van der Waals surface area contributed by atoms with Gasteiger partial charge in [-0.25, -0.2) is 4.39 Å². The molecule has 1 heterocycles. The van der Waals surface area contributed by atoms with Crippen LogP contribution in [0.25, 0.3) is 0 Å². The van der Waals surface area contributed by atoms with E-state index in [-0.39, 0.29) is 11.9 Å². The molecule has 0 spiro atoms.